The third-order valence-electron chi connectivity index (χ3n) is 3.01. The van der Waals surface area contributed by atoms with Crippen LogP contribution in [0.2, 0.25) is 0 Å². The van der Waals surface area contributed by atoms with Crippen molar-refractivity contribution in [2.75, 3.05) is 7.11 Å². The maximum atomic E-state index is 13.8. The van der Waals surface area contributed by atoms with Gasteiger partial charge in [-0.3, -0.25) is 0 Å². The smallest absolute Gasteiger partial charge is 0.340 e. The lowest BCUT2D eigenvalue weighted by atomic mass is 10.1. The fourth-order valence-electron chi connectivity index (χ4n) is 2.26. The Bertz CT molecular complexity index is 587. The van der Waals surface area contributed by atoms with Crippen LogP contribution in [0, 0.1) is 5.82 Å². The second-order valence-corrected chi connectivity index (χ2v) is 3.86. The topological polar surface area (TPSA) is 31.2 Å². The van der Waals surface area contributed by atoms with Gasteiger partial charge >= 0.3 is 5.97 Å². The first kappa shape index (κ1) is 11.6. The van der Waals surface area contributed by atoms with E-state index >= 15 is 0 Å². The van der Waals surface area contributed by atoms with Gasteiger partial charge in [0.25, 0.3) is 0 Å². The summed E-state index contributed by atoms with van der Waals surface area (Å²) in [6, 6.07) is 4.73. The van der Waals surface area contributed by atoms with E-state index in [1.54, 1.807) is 23.7 Å². The molecule has 0 aliphatic carbocycles. The monoisotopic (exact) mass is 235 g/mol. The van der Waals surface area contributed by atoms with Gasteiger partial charge in [-0.05, 0) is 12.5 Å². The zero-order chi connectivity index (χ0) is 12.6. The zero-order valence-corrected chi connectivity index (χ0v) is 10.1. The van der Waals surface area contributed by atoms with Crippen molar-refractivity contribution in [1.82, 2.24) is 4.57 Å². The van der Waals surface area contributed by atoms with E-state index in [-0.39, 0.29) is 5.82 Å². The number of halogens is 1. The molecule has 0 aliphatic rings. The maximum absolute atomic E-state index is 13.8. The summed E-state index contributed by atoms with van der Waals surface area (Å²) in [4.78, 5) is 11.8. The van der Waals surface area contributed by atoms with Crippen LogP contribution in [0.15, 0.2) is 18.2 Å². The maximum Gasteiger partial charge on any atom is 0.340 e. The van der Waals surface area contributed by atoms with Crippen LogP contribution in [0.25, 0.3) is 10.9 Å². The molecule has 90 valence electrons. The highest BCUT2D eigenvalue weighted by atomic mass is 19.1. The molecule has 4 heteroatoms. The standard InChI is InChI=1S/C13H14FNO2/c1-4-10-11(13(16)17-3)8-6-5-7-9(14)12(8)15(10)2/h5-7H,4H2,1-3H3. The van der Waals surface area contributed by atoms with Crippen molar-refractivity contribution in [3.8, 4) is 0 Å². The minimum Gasteiger partial charge on any atom is -0.465 e. The van der Waals surface area contributed by atoms with Gasteiger partial charge in [0.1, 0.15) is 5.82 Å². The van der Waals surface area contributed by atoms with Crippen molar-refractivity contribution in [2.45, 2.75) is 13.3 Å². The van der Waals surface area contributed by atoms with Gasteiger partial charge in [-0.1, -0.05) is 19.1 Å². The predicted molar refractivity (Wildman–Crippen MR) is 63.6 cm³/mol. The van der Waals surface area contributed by atoms with Crippen LogP contribution < -0.4 is 0 Å². The van der Waals surface area contributed by atoms with Gasteiger partial charge in [-0.25, -0.2) is 9.18 Å². The number of rotatable bonds is 2. The highest BCUT2D eigenvalue weighted by Crippen LogP contribution is 2.28. The fourth-order valence-corrected chi connectivity index (χ4v) is 2.26. The Balaban J connectivity index is 2.90. The highest BCUT2D eigenvalue weighted by Gasteiger charge is 2.22. The molecule has 0 saturated heterocycles. The SMILES string of the molecule is CCc1c(C(=O)OC)c2cccc(F)c2n1C. The molecule has 2 rings (SSSR count). The number of carbonyl (C=O) groups is 1. The van der Waals surface area contributed by atoms with Gasteiger partial charge in [0.15, 0.2) is 0 Å². The van der Waals surface area contributed by atoms with Crippen LogP contribution in [-0.4, -0.2) is 17.6 Å². The van der Waals surface area contributed by atoms with Crippen LogP contribution in [0.4, 0.5) is 4.39 Å². The molecule has 0 radical (unpaired) electrons. The number of benzene rings is 1. The number of nitrogens with zero attached hydrogens (tertiary/aromatic N) is 1. The number of hydrogen-bond donors (Lipinski definition) is 0. The third-order valence-corrected chi connectivity index (χ3v) is 3.01. The molecule has 0 N–H and O–H groups in total. The molecular weight excluding hydrogens is 221 g/mol. The van der Waals surface area contributed by atoms with Crippen LogP contribution in [0.5, 0.6) is 0 Å². The average Bonchev–Trinajstić information content (AvgIpc) is 2.62. The second-order valence-electron chi connectivity index (χ2n) is 3.86. The summed E-state index contributed by atoms with van der Waals surface area (Å²) < 4.78 is 20.3. The van der Waals surface area contributed by atoms with Gasteiger partial charge < -0.3 is 9.30 Å². The van der Waals surface area contributed by atoms with E-state index in [1.807, 2.05) is 6.92 Å². The summed E-state index contributed by atoms with van der Waals surface area (Å²) in [7, 11) is 3.09. The van der Waals surface area contributed by atoms with Crippen molar-refractivity contribution in [2.24, 2.45) is 7.05 Å². The number of aryl methyl sites for hydroxylation is 1. The number of hydrogen-bond acceptors (Lipinski definition) is 2. The van der Waals surface area contributed by atoms with Gasteiger partial charge in [0, 0.05) is 18.1 Å². The number of methoxy groups -OCH3 is 1. The molecule has 0 atom stereocenters. The summed E-state index contributed by atoms with van der Waals surface area (Å²) in [5, 5.41) is 0.608. The van der Waals surface area contributed by atoms with Gasteiger partial charge in [0.2, 0.25) is 0 Å². The molecule has 17 heavy (non-hydrogen) atoms. The lowest BCUT2D eigenvalue weighted by Crippen LogP contribution is -2.05. The Morgan fingerprint density at radius 1 is 1.47 bits per heavy atom. The van der Waals surface area contributed by atoms with Crippen molar-refractivity contribution >= 4 is 16.9 Å². The van der Waals surface area contributed by atoms with E-state index in [4.69, 9.17) is 4.74 Å². The molecule has 0 spiro atoms. The number of fused-ring (bicyclic) bond motifs is 1. The van der Waals surface area contributed by atoms with Crippen LogP contribution in [0.3, 0.4) is 0 Å². The number of aromatic nitrogens is 1. The third kappa shape index (κ3) is 1.60. The van der Waals surface area contributed by atoms with Crippen molar-refractivity contribution < 1.29 is 13.9 Å². The van der Waals surface area contributed by atoms with E-state index in [1.165, 1.54) is 13.2 Å². The van der Waals surface area contributed by atoms with Crippen molar-refractivity contribution in [1.29, 1.82) is 0 Å². The largest absolute Gasteiger partial charge is 0.465 e. The van der Waals surface area contributed by atoms with Crippen molar-refractivity contribution in [3.63, 3.8) is 0 Å². The first-order valence-corrected chi connectivity index (χ1v) is 5.45. The van der Waals surface area contributed by atoms with Crippen LogP contribution in [-0.2, 0) is 18.2 Å². The molecule has 0 aliphatic heterocycles. The molecule has 0 bridgehead atoms. The quantitative estimate of drug-likeness (QED) is 0.749. The number of para-hydroxylation sites is 1. The number of carbonyl (C=O) groups excluding carboxylic acids is 1. The summed E-state index contributed by atoms with van der Waals surface area (Å²) in [5.41, 5.74) is 1.70. The Labute approximate surface area is 98.8 Å². The molecule has 1 heterocycles. The minimum atomic E-state index is -0.418. The van der Waals surface area contributed by atoms with E-state index in [9.17, 15) is 9.18 Å². The lowest BCUT2D eigenvalue weighted by Gasteiger charge is -2.03. The zero-order valence-electron chi connectivity index (χ0n) is 10.1. The number of esters is 1. The Kier molecular flexibility index (Phi) is 2.88. The number of ether oxygens (including phenoxy) is 1. The summed E-state index contributed by atoms with van der Waals surface area (Å²) in [6.45, 7) is 1.93. The average molecular weight is 235 g/mol. The van der Waals surface area contributed by atoms with E-state index in [0.717, 1.165) is 5.69 Å². The Morgan fingerprint density at radius 3 is 2.76 bits per heavy atom. The van der Waals surface area contributed by atoms with Crippen LogP contribution >= 0.6 is 0 Å². The first-order chi connectivity index (χ1) is 8.11. The molecule has 3 nitrogen and oxygen atoms in total. The summed E-state index contributed by atoms with van der Waals surface area (Å²) >= 11 is 0. The normalized spacial score (nSPS) is 10.8. The lowest BCUT2D eigenvalue weighted by molar-refractivity contribution is 0.0601. The molecule has 0 saturated carbocycles. The van der Waals surface area contributed by atoms with Gasteiger partial charge in [-0.2, -0.15) is 0 Å². The second kappa shape index (κ2) is 4.20. The molecule has 0 unspecified atom stereocenters. The molecule has 1 aromatic carbocycles. The molecule has 2 aromatic rings. The highest BCUT2D eigenvalue weighted by molar-refractivity contribution is 6.06. The van der Waals surface area contributed by atoms with E-state index < -0.39 is 5.97 Å². The molecule has 0 amide bonds. The molecular formula is C13H14FNO2. The Morgan fingerprint density at radius 2 is 2.18 bits per heavy atom. The van der Waals surface area contributed by atoms with Crippen molar-refractivity contribution in [3.05, 3.63) is 35.3 Å². The van der Waals surface area contributed by atoms with E-state index in [2.05, 4.69) is 0 Å². The summed E-state index contributed by atoms with van der Waals surface area (Å²) in [5.74, 6) is -0.743. The molecule has 1 aromatic heterocycles. The summed E-state index contributed by atoms with van der Waals surface area (Å²) in [6.07, 6.45) is 0.648. The Hall–Kier alpha value is -1.84. The van der Waals surface area contributed by atoms with Gasteiger partial charge in [-0.15, -0.1) is 0 Å². The minimum absolute atomic E-state index is 0.324. The fraction of sp³-hybridized carbons (Fsp3) is 0.308. The first-order valence-electron chi connectivity index (χ1n) is 5.45. The molecule has 0 fully saturated rings. The van der Waals surface area contributed by atoms with Gasteiger partial charge in [0.05, 0.1) is 18.2 Å². The van der Waals surface area contributed by atoms with E-state index in [0.29, 0.717) is 22.9 Å². The predicted octanol–water partition coefficient (Wildman–Crippen LogP) is 2.67. The van der Waals surface area contributed by atoms with Crippen LogP contribution in [0.1, 0.15) is 23.0 Å².